The lowest BCUT2D eigenvalue weighted by Crippen LogP contribution is -1.94. The summed E-state index contributed by atoms with van der Waals surface area (Å²) in [4.78, 5) is 0. The zero-order chi connectivity index (χ0) is 6.57. The topological polar surface area (TPSA) is 0 Å². The highest BCUT2D eigenvalue weighted by Crippen LogP contribution is 2.06. The van der Waals surface area contributed by atoms with Crippen LogP contribution in [-0.4, -0.2) is 6.17 Å². The van der Waals surface area contributed by atoms with E-state index in [1.807, 2.05) is 6.92 Å². The van der Waals surface area contributed by atoms with Gasteiger partial charge in [0.1, 0.15) is 6.17 Å². The van der Waals surface area contributed by atoms with Crippen LogP contribution < -0.4 is 0 Å². The van der Waals surface area contributed by atoms with Gasteiger partial charge in [-0.05, 0) is 13.3 Å². The van der Waals surface area contributed by atoms with Gasteiger partial charge in [-0.25, -0.2) is 4.39 Å². The van der Waals surface area contributed by atoms with E-state index in [2.05, 4.69) is 12.3 Å². The van der Waals surface area contributed by atoms with E-state index in [1.165, 1.54) is 6.92 Å². The quantitative estimate of drug-likeness (QED) is 0.484. The Morgan fingerprint density at radius 2 is 2.38 bits per heavy atom. The highest BCUT2D eigenvalue weighted by molar-refractivity contribution is 5.02. The maximum Gasteiger partial charge on any atom is 0.126 e. The van der Waals surface area contributed by atoms with Gasteiger partial charge < -0.3 is 0 Å². The Labute approximate surface area is 49.7 Å². The third-order valence-corrected chi connectivity index (χ3v) is 1.09. The highest BCUT2D eigenvalue weighted by Gasteiger charge is 2.00. The SMILES string of the molecule is C=C=C(CC)C(C)F. The molecule has 46 valence electrons. The largest absolute Gasteiger partial charge is 0.242 e. The lowest BCUT2D eigenvalue weighted by molar-refractivity contribution is 0.405. The number of allylic oxidation sites excluding steroid dienone is 1. The predicted octanol–water partition coefficient (Wildman–Crippen LogP) is 2.47. The Bertz CT molecular complexity index is 108. The summed E-state index contributed by atoms with van der Waals surface area (Å²) < 4.78 is 12.2. The van der Waals surface area contributed by atoms with Crippen LogP contribution in [0.4, 0.5) is 4.39 Å². The summed E-state index contributed by atoms with van der Waals surface area (Å²) in [6.45, 7) is 6.74. The molecule has 0 N–H and O–H groups in total. The lowest BCUT2D eigenvalue weighted by Gasteiger charge is -1.98. The molecule has 1 unspecified atom stereocenters. The van der Waals surface area contributed by atoms with Crippen molar-refractivity contribution < 1.29 is 4.39 Å². The Morgan fingerprint density at radius 1 is 1.88 bits per heavy atom. The number of rotatable bonds is 2. The van der Waals surface area contributed by atoms with Gasteiger partial charge in [-0.2, -0.15) is 0 Å². The maximum absolute atomic E-state index is 12.2. The van der Waals surface area contributed by atoms with Crippen molar-refractivity contribution in [3.05, 3.63) is 17.9 Å². The third-order valence-electron chi connectivity index (χ3n) is 1.09. The summed E-state index contributed by atoms with van der Waals surface area (Å²) >= 11 is 0. The van der Waals surface area contributed by atoms with Crippen LogP contribution in [0.15, 0.2) is 17.9 Å². The van der Waals surface area contributed by atoms with Gasteiger partial charge in [-0.3, -0.25) is 0 Å². The summed E-state index contributed by atoms with van der Waals surface area (Å²) in [6.07, 6.45) is -0.168. The molecule has 0 aromatic carbocycles. The van der Waals surface area contributed by atoms with Crippen LogP contribution in [0.5, 0.6) is 0 Å². The molecular weight excluding hydrogens is 103 g/mol. The van der Waals surface area contributed by atoms with Crippen molar-refractivity contribution in [2.75, 3.05) is 0 Å². The van der Waals surface area contributed by atoms with E-state index in [4.69, 9.17) is 0 Å². The molecule has 1 heteroatoms. The molecule has 0 saturated heterocycles. The maximum atomic E-state index is 12.2. The standard InChI is InChI=1S/C7H11F/c1-4-7(5-2)6(3)8/h6H,1,5H2,2-3H3. The van der Waals surface area contributed by atoms with Crippen LogP contribution in [0, 0.1) is 0 Å². The summed E-state index contributed by atoms with van der Waals surface area (Å²) in [6, 6.07) is 0. The van der Waals surface area contributed by atoms with Gasteiger partial charge in [0.2, 0.25) is 0 Å². The summed E-state index contributed by atoms with van der Waals surface area (Å²) in [7, 11) is 0. The van der Waals surface area contributed by atoms with Crippen molar-refractivity contribution in [3.63, 3.8) is 0 Å². The normalized spacial score (nSPS) is 12.4. The molecular formula is C7H11F. The van der Waals surface area contributed by atoms with E-state index < -0.39 is 6.17 Å². The number of hydrogen-bond acceptors (Lipinski definition) is 0. The smallest absolute Gasteiger partial charge is 0.126 e. The van der Waals surface area contributed by atoms with Crippen LogP contribution >= 0.6 is 0 Å². The van der Waals surface area contributed by atoms with Gasteiger partial charge in [0.05, 0.1) is 0 Å². The van der Waals surface area contributed by atoms with Crippen molar-refractivity contribution in [1.82, 2.24) is 0 Å². The summed E-state index contributed by atoms with van der Waals surface area (Å²) in [5.41, 5.74) is 3.20. The van der Waals surface area contributed by atoms with Gasteiger partial charge in [0, 0.05) is 5.57 Å². The van der Waals surface area contributed by atoms with Gasteiger partial charge in [-0.15, -0.1) is 5.73 Å². The van der Waals surface area contributed by atoms with Gasteiger partial charge in [-0.1, -0.05) is 13.5 Å². The molecule has 0 nitrogen and oxygen atoms in total. The van der Waals surface area contributed by atoms with Crippen LogP contribution in [0.3, 0.4) is 0 Å². The fourth-order valence-corrected chi connectivity index (χ4v) is 0.547. The molecule has 0 saturated carbocycles. The molecule has 0 aromatic heterocycles. The molecule has 0 radical (unpaired) electrons. The van der Waals surface area contributed by atoms with Crippen molar-refractivity contribution in [2.45, 2.75) is 26.4 Å². The molecule has 8 heavy (non-hydrogen) atoms. The van der Waals surface area contributed by atoms with E-state index in [0.717, 1.165) is 0 Å². The van der Waals surface area contributed by atoms with Gasteiger partial charge >= 0.3 is 0 Å². The molecule has 0 rings (SSSR count). The second-order valence-corrected chi connectivity index (χ2v) is 1.67. The summed E-state index contributed by atoms with van der Waals surface area (Å²) in [5.74, 6) is 0. The van der Waals surface area contributed by atoms with Crippen LogP contribution in [-0.2, 0) is 0 Å². The second-order valence-electron chi connectivity index (χ2n) is 1.67. The van der Waals surface area contributed by atoms with Crippen LogP contribution in [0.2, 0.25) is 0 Å². The number of hydrogen-bond donors (Lipinski definition) is 0. The molecule has 0 heterocycles. The second kappa shape index (κ2) is 3.45. The van der Waals surface area contributed by atoms with Crippen molar-refractivity contribution >= 4 is 0 Å². The fraction of sp³-hybridized carbons (Fsp3) is 0.571. The molecule has 0 spiro atoms. The Balaban J connectivity index is 3.92. The number of halogens is 1. The van der Waals surface area contributed by atoms with E-state index in [9.17, 15) is 4.39 Å². The van der Waals surface area contributed by atoms with Gasteiger partial charge in [0.15, 0.2) is 0 Å². The molecule has 0 aliphatic heterocycles. The third kappa shape index (κ3) is 1.94. The zero-order valence-corrected chi connectivity index (χ0v) is 5.37. The van der Waals surface area contributed by atoms with Crippen molar-refractivity contribution in [3.8, 4) is 0 Å². The Morgan fingerprint density at radius 3 is 2.38 bits per heavy atom. The molecule has 0 aliphatic carbocycles. The first kappa shape index (κ1) is 7.45. The van der Waals surface area contributed by atoms with E-state index >= 15 is 0 Å². The molecule has 0 aromatic rings. The van der Waals surface area contributed by atoms with E-state index in [-0.39, 0.29) is 0 Å². The van der Waals surface area contributed by atoms with E-state index in [0.29, 0.717) is 12.0 Å². The first-order chi connectivity index (χ1) is 3.72. The van der Waals surface area contributed by atoms with Crippen molar-refractivity contribution in [2.24, 2.45) is 0 Å². The summed E-state index contributed by atoms with van der Waals surface area (Å²) in [5, 5.41) is 0. The average Bonchev–Trinajstić information content (AvgIpc) is 1.69. The van der Waals surface area contributed by atoms with Gasteiger partial charge in [0.25, 0.3) is 0 Å². The first-order valence-corrected chi connectivity index (χ1v) is 2.75. The minimum absolute atomic E-state index is 0.657. The molecule has 0 bridgehead atoms. The molecule has 1 atom stereocenters. The zero-order valence-electron chi connectivity index (χ0n) is 5.37. The highest BCUT2D eigenvalue weighted by atomic mass is 19.1. The van der Waals surface area contributed by atoms with Crippen LogP contribution in [0.1, 0.15) is 20.3 Å². The Hall–Kier alpha value is -0.550. The number of alkyl halides is 1. The predicted molar refractivity (Wildman–Crippen MR) is 33.5 cm³/mol. The fourth-order valence-electron chi connectivity index (χ4n) is 0.547. The minimum Gasteiger partial charge on any atom is -0.242 e. The minimum atomic E-state index is -0.877. The molecule has 0 amide bonds. The molecule has 0 fully saturated rings. The van der Waals surface area contributed by atoms with Crippen molar-refractivity contribution in [1.29, 1.82) is 0 Å². The first-order valence-electron chi connectivity index (χ1n) is 2.75. The molecule has 0 aliphatic rings. The van der Waals surface area contributed by atoms with E-state index in [1.54, 1.807) is 0 Å². The Kier molecular flexibility index (Phi) is 3.21. The monoisotopic (exact) mass is 114 g/mol. The average molecular weight is 114 g/mol. The lowest BCUT2D eigenvalue weighted by atomic mass is 10.1. The van der Waals surface area contributed by atoms with Crippen LogP contribution in [0.25, 0.3) is 0 Å².